The lowest BCUT2D eigenvalue weighted by molar-refractivity contribution is -0.155. The third-order valence-electron chi connectivity index (χ3n) is 6.04. The topological polar surface area (TPSA) is 102 Å². The number of hydrogen-bond donors (Lipinski definition) is 2. The highest BCUT2D eigenvalue weighted by Crippen LogP contribution is 2.39. The van der Waals surface area contributed by atoms with Crippen LogP contribution < -0.4 is 5.48 Å². The van der Waals surface area contributed by atoms with Crippen molar-refractivity contribution in [3.05, 3.63) is 75.3 Å². The number of aliphatic imine (C=N–C) groups is 1. The van der Waals surface area contributed by atoms with E-state index in [9.17, 15) is 4.79 Å². The van der Waals surface area contributed by atoms with Gasteiger partial charge in [-0.25, -0.2) is 0 Å². The minimum Gasteiger partial charge on any atom is -0.460 e. The molecule has 1 atom stereocenters. The second-order valence-corrected chi connectivity index (χ2v) is 11.2. The molecule has 4 rings (SSSR count). The summed E-state index contributed by atoms with van der Waals surface area (Å²) in [7, 11) is 0. The Hall–Kier alpha value is -3.30. The smallest absolute Gasteiger partial charge is 0.308 e. The number of esters is 1. The number of aromatic nitrogens is 3. The van der Waals surface area contributed by atoms with Crippen molar-refractivity contribution in [3.8, 4) is 5.00 Å². The van der Waals surface area contributed by atoms with Crippen LogP contribution in [0.1, 0.15) is 78.4 Å². The van der Waals surface area contributed by atoms with Crippen molar-refractivity contribution >= 4 is 23.0 Å². The van der Waals surface area contributed by atoms with Gasteiger partial charge in [0.1, 0.15) is 22.5 Å². The molecule has 0 bridgehead atoms. The summed E-state index contributed by atoms with van der Waals surface area (Å²) in [6.45, 7) is 11.7. The van der Waals surface area contributed by atoms with E-state index in [1.54, 1.807) is 11.3 Å². The van der Waals surface area contributed by atoms with E-state index in [-0.39, 0.29) is 12.4 Å². The largest absolute Gasteiger partial charge is 0.460 e. The number of fused-ring (bicyclic) bond motifs is 3. The highest BCUT2D eigenvalue weighted by Gasteiger charge is 2.33. The van der Waals surface area contributed by atoms with Gasteiger partial charge >= 0.3 is 5.97 Å². The van der Waals surface area contributed by atoms with Gasteiger partial charge in [-0.3, -0.25) is 25.0 Å². The molecule has 9 heteroatoms. The summed E-state index contributed by atoms with van der Waals surface area (Å²) in [5.74, 6) is 1.09. The van der Waals surface area contributed by atoms with Crippen LogP contribution in [-0.4, -0.2) is 37.3 Å². The van der Waals surface area contributed by atoms with Crippen molar-refractivity contribution in [2.45, 2.75) is 72.4 Å². The molecule has 0 fully saturated rings. The standard InChI is InChI=1S/C27H33N5O3S/c1-16-17(2)36-26-23(16)24(20-12-10-19(11-13-20)9-7-8-14-28-34)29-21(15-22(33)35-27(4,5)6)25-31-30-18(3)32(25)26/h8,10-14,21,28,34H,7,9,15H2,1-6H3/t21-/m1/s1. The van der Waals surface area contributed by atoms with E-state index in [2.05, 4.69) is 48.3 Å². The van der Waals surface area contributed by atoms with Gasteiger partial charge in [0.05, 0.1) is 12.1 Å². The lowest BCUT2D eigenvalue weighted by atomic mass is 9.98. The Labute approximate surface area is 215 Å². The Morgan fingerprint density at radius 2 is 1.92 bits per heavy atom. The lowest BCUT2D eigenvalue weighted by Crippen LogP contribution is -2.25. The summed E-state index contributed by atoms with van der Waals surface area (Å²) in [6, 6.07) is 7.85. The first kappa shape index (κ1) is 25.8. The number of nitrogens with zero attached hydrogens (tertiary/aromatic N) is 4. The molecule has 3 aromatic rings. The molecule has 1 aliphatic heterocycles. The Balaban J connectivity index is 1.78. The number of carbonyl (C=O) groups is 1. The van der Waals surface area contributed by atoms with E-state index in [1.807, 2.05) is 43.8 Å². The third kappa shape index (κ3) is 5.42. The SMILES string of the molecule is Cc1sc2c(c1C)C(c1ccc(CCC=CNO)cc1)=N[C@H](CC(=O)OC(C)(C)C)c1nnc(C)n1-2. The van der Waals surface area contributed by atoms with Gasteiger partial charge in [-0.2, -0.15) is 0 Å². The lowest BCUT2D eigenvalue weighted by Gasteiger charge is -2.21. The number of nitrogens with one attached hydrogen (secondary N) is 1. The Morgan fingerprint density at radius 1 is 1.19 bits per heavy atom. The van der Waals surface area contributed by atoms with Crippen LogP contribution in [0.5, 0.6) is 0 Å². The first-order valence-electron chi connectivity index (χ1n) is 12.0. The summed E-state index contributed by atoms with van der Waals surface area (Å²) in [5, 5.41) is 18.5. The number of benzene rings is 1. The Kier molecular flexibility index (Phi) is 7.42. The van der Waals surface area contributed by atoms with E-state index in [1.165, 1.54) is 16.6 Å². The van der Waals surface area contributed by atoms with Gasteiger partial charge in [0, 0.05) is 22.2 Å². The van der Waals surface area contributed by atoms with Crippen LogP contribution in [0, 0.1) is 20.8 Å². The molecule has 0 amide bonds. The Bertz CT molecular complexity index is 1310. The number of thiophene rings is 1. The van der Waals surface area contributed by atoms with E-state index in [0.717, 1.165) is 46.1 Å². The molecule has 36 heavy (non-hydrogen) atoms. The monoisotopic (exact) mass is 507 g/mol. The Morgan fingerprint density at radius 3 is 2.58 bits per heavy atom. The number of hydroxylamine groups is 1. The van der Waals surface area contributed by atoms with Gasteiger partial charge in [0.25, 0.3) is 0 Å². The number of allylic oxidation sites excluding steroid dienone is 1. The maximum absolute atomic E-state index is 12.9. The van der Waals surface area contributed by atoms with Crippen molar-refractivity contribution in [3.63, 3.8) is 0 Å². The van der Waals surface area contributed by atoms with Gasteiger partial charge in [0.15, 0.2) is 5.82 Å². The number of carbonyl (C=O) groups excluding carboxylic acids is 1. The molecule has 190 valence electrons. The van der Waals surface area contributed by atoms with Crippen LogP contribution in [0.25, 0.3) is 5.00 Å². The zero-order valence-electron chi connectivity index (χ0n) is 21.6. The summed E-state index contributed by atoms with van der Waals surface area (Å²) in [6.07, 6.45) is 5.14. The molecule has 0 saturated heterocycles. The van der Waals surface area contributed by atoms with Crippen molar-refractivity contribution in [1.29, 1.82) is 0 Å². The molecule has 3 heterocycles. The molecule has 0 spiro atoms. The van der Waals surface area contributed by atoms with Gasteiger partial charge in [-0.05, 0) is 65.5 Å². The van der Waals surface area contributed by atoms with Crippen LogP contribution in [0.15, 0.2) is 41.5 Å². The average molecular weight is 508 g/mol. The summed E-state index contributed by atoms with van der Waals surface area (Å²) in [5.41, 5.74) is 6.69. The summed E-state index contributed by atoms with van der Waals surface area (Å²) >= 11 is 1.69. The fourth-order valence-electron chi connectivity index (χ4n) is 4.28. The zero-order valence-corrected chi connectivity index (χ0v) is 22.4. The highest BCUT2D eigenvalue weighted by atomic mass is 32.1. The molecular weight excluding hydrogens is 474 g/mol. The second-order valence-electron chi connectivity index (χ2n) is 9.96. The third-order valence-corrected chi connectivity index (χ3v) is 7.23. The van der Waals surface area contributed by atoms with Crippen LogP contribution in [0.3, 0.4) is 0 Å². The zero-order chi connectivity index (χ0) is 26.0. The normalized spacial score (nSPS) is 15.3. The van der Waals surface area contributed by atoms with E-state index >= 15 is 0 Å². The van der Waals surface area contributed by atoms with Crippen LogP contribution in [0.2, 0.25) is 0 Å². The van der Waals surface area contributed by atoms with Gasteiger partial charge in [-0.15, -0.1) is 21.5 Å². The van der Waals surface area contributed by atoms with E-state index < -0.39 is 11.6 Å². The van der Waals surface area contributed by atoms with Crippen LogP contribution in [0.4, 0.5) is 0 Å². The summed E-state index contributed by atoms with van der Waals surface area (Å²) in [4.78, 5) is 19.2. The second kappa shape index (κ2) is 10.4. The number of hydrogen-bond acceptors (Lipinski definition) is 8. The number of rotatable bonds is 7. The fourth-order valence-corrected chi connectivity index (χ4v) is 5.50. The predicted molar refractivity (Wildman–Crippen MR) is 141 cm³/mol. The molecule has 0 saturated carbocycles. The van der Waals surface area contributed by atoms with Gasteiger partial charge in [0.2, 0.25) is 0 Å². The van der Waals surface area contributed by atoms with Gasteiger partial charge in [-0.1, -0.05) is 30.3 Å². The molecular formula is C27H33N5O3S. The minimum atomic E-state index is -0.581. The fraction of sp³-hybridized carbons (Fsp3) is 0.407. The number of ether oxygens (including phenoxy) is 1. The average Bonchev–Trinajstić information content (AvgIpc) is 3.28. The first-order valence-corrected chi connectivity index (χ1v) is 12.9. The molecule has 1 aromatic carbocycles. The highest BCUT2D eigenvalue weighted by molar-refractivity contribution is 7.15. The number of aryl methyl sites for hydroxylation is 3. The van der Waals surface area contributed by atoms with Gasteiger partial charge < -0.3 is 4.74 Å². The molecule has 2 aromatic heterocycles. The predicted octanol–water partition coefficient (Wildman–Crippen LogP) is 5.30. The molecule has 2 N–H and O–H groups in total. The summed E-state index contributed by atoms with van der Waals surface area (Å²) < 4.78 is 7.67. The minimum absolute atomic E-state index is 0.0786. The van der Waals surface area contributed by atoms with Crippen molar-refractivity contribution in [2.24, 2.45) is 4.99 Å². The van der Waals surface area contributed by atoms with Crippen LogP contribution >= 0.6 is 11.3 Å². The molecule has 0 radical (unpaired) electrons. The molecule has 8 nitrogen and oxygen atoms in total. The van der Waals surface area contributed by atoms with Crippen molar-refractivity contribution in [2.75, 3.05) is 0 Å². The maximum atomic E-state index is 12.9. The molecule has 0 unspecified atom stereocenters. The quantitative estimate of drug-likeness (QED) is 0.332. The maximum Gasteiger partial charge on any atom is 0.308 e. The van der Waals surface area contributed by atoms with Crippen LogP contribution in [-0.2, 0) is 16.0 Å². The molecule has 1 aliphatic rings. The first-order chi connectivity index (χ1) is 17.1. The van der Waals surface area contributed by atoms with Crippen molar-refractivity contribution in [1.82, 2.24) is 20.2 Å². The van der Waals surface area contributed by atoms with Crippen molar-refractivity contribution < 1.29 is 14.7 Å². The molecule has 0 aliphatic carbocycles. The van der Waals surface area contributed by atoms with E-state index in [4.69, 9.17) is 14.9 Å². The van der Waals surface area contributed by atoms with E-state index in [0.29, 0.717) is 5.82 Å².